The molecule has 0 spiro atoms. The van der Waals surface area contributed by atoms with Crippen LogP contribution in [-0.4, -0.2) is 6.29 Å². The van der Waals surface area contributed by atoms with Gasteiger partial charge in [-0.25, -0.2) is 0 Å². The summed E-state index contributed by atoms with van der Waals surface area (Å²) in [5.74, 6) is 0.220. The first-order valence-corrected chi connectivity index (χ1v) is 5.06. The number of carbonyl (C=O) groups is 1. The number of hydrogen-bond donors (Lipinski definition) is 0. The first kappa shape index (κ1) is 12.2. The van der Waals surface area contributed by atoms with Gasteiger partial charge in [-0.15, -0.1) is 0 Å². The molecule has 1 nitrogen and oxygen atoms in total. The molecule has 0 aliphatic rings. The lowest BCUT2D eigenvalue weighted by atomic mass is 10.0. The highest BCUT2D eigenvalue weighted by Gasteiger charge is 1.99. The monoisotopic (exact) mass is 180 g/mol. The Morgan fingerprint density at radius 3 is 2.38 bits per heavy atom. The van der Waals surface area contributed by atoms with Crippen molar-refractivity contribution in [2.45, 2.75) is 39.5 Å². The van der Waals surface area contributed by atoms with E-state index >= 15 is 0 Å². The van der Waals surface area contributed by atoms with Crippen LogP contribution in [0.1, 0.15) is 39.5 Å². The van der Waals surface area contributed by atoms with Crippen molar-refractivity contribution < 1.29 is 4.79 Å². The van der Waals surface area contributed by atoms with Gasteiger partial charge in [0, 0.05) is 5.92 Å². The second-order valence-corrected chi connectivity index (χ2v) is 3.16. The SMILES string of the molecule is CC=CCCC=CCC(C=O)CC. The van der Waals surface area contributed by atoms with E-state index in [2.05, 4.69) is 24.3 Å². The summed E-state index contributed by atoms with van der Waals surface area (Å²) >= 11 is 0. The third-order valence-corrected chi connectivity index (χ3v) is 2.06. The summed E-state index contributed by atoms with van der Waals surface area (Å²) in [6.07, 6.45) is 13.6. The van der Waals surface area contributed by atoms with E-state index in [0.29, 0.717) is 0 Å². The molecule has 1 unspecified atom stereocenters. The minimum atomic E-state index is 0.220. The molecule has 0 aromatic carbocycles. The molecule has 0 aromatic rings. The smallest absolute Gasteiger partial charge is 0.123 e. The summed E-state index contributed by atoms with van der Waals surface area (Å²) in [5.41, 5.74) is 0. The minimum absolute atomic E-state index is 0.220. The van der Waals surface area contributed by atoms with Gasteiger partial charge in [-0.2, -0.15) is 0 Å². The van der Waals surface area contributed by atoms with Crippen LogP contribution in [0.15, 0.2) is 24.3 Å². The maximum atomic E-state index is 10.5. The molecule has 0 aromatic heterocycles. The lowest BCUT2D eigenvalue weighted by Gasteiger charge is -2.00. The van der Waals surface area contributed by atoms with Crippen LogP contribution in [0.25, 0.3) is 0 Å². The van der Waals surface area contributed by atoms with Crippen LogP contribution in [0.4, 0.5) is 0 Å². The zero-order valence-corrected chi connectivity index (χ0v) is 8.70. The maximum absolute atomic E-state index is 10.5. The fraction of sp³-hybridized carbons (Fsp3) is 0.583. The fourth-order valence-electron chi connectivity index (χ4n) is 1.07. The molecule has 74 valence electrons. The van der Waals surface area contributed by atoms with Crippen LogP contribution >= 0.6 is 0 Å². The maximum Gasteiger partial charge on any atom is 0.123 e. The van der Waals surface area contributed by atoms with Gasteiger partial charge in [-0.05, 0) is 32.6 Å². The molecular formula is C12H20O. The van der Waals surface area contributed by atoms with Gasteiger partial charge in [-0.1, -0.05) is 31.2 Å². The zero-order valence-electron chi connectivity index (χ0n) is 8.70. The van der Waals surface area contributed by atoms with Crippen molar-refractivity contribution in [2.75, 3.05) is 0 Å². The molecule has 0 N–H and O–H groups in total. The molecule has 0 aliphatic heterocycles. The average molecular weight is 180 g/mol. The Balaban J connectivity index is 3.44. The predicted molar refractivity (Wildman–Crippen MR) is 57.7 cm³/mol. The first-order chi connectivity index (χ1) is 6.35. The van der Waals surface area contributed by atoms with Gasteiger partial charge in [0.05, 0.1) is 0 Å². The fourth-order valence-corrected chi connectivity index (χ4v) is 1.07. The van der Waals surface area contributed by atoms with E-state index < -0.39 is 0 Å². The molecule has 0 saturated heterocycles. The Morgan fingerprint density at radius 2 is 1.85 bits per heavy atom. The number of aldehydes is 1. The number of rotatable bonds is 7. The second kappa shape index (κ2) is 9.24. The lowest BCUT2D eigenvalue weighted by molar-refractivity contribution is -0.111. The van der Waals surface area contributed by atoms with Crippen molar-refractivity contribution in [3.05, 3.63) is 24.3 Å². The predicted octanol–water partition coefficient (Wildman–Crippen LogP) is 3.51. The summed E-state index contributed by atoms with van der Waals surface area (Å²) in [6.45, 7) is 4.08. The number of unbranched alkanes of at least 4 members (excludes halogenated alkanes) is 1. The molecule has 0 radical (unpaired) electrons. The van der Waals surface area contributed by atoms with E-state index in [9.17, 15) is 4.79 Å². The zero-order chi connectivity index (χ0) is 9.94. The second-order valence-electron chi connectivity index (χ2n) is 3.16. The van der Waals surface area contributed by atoms with Crippen molar-refractivity contribution in [3.8, 4) is 0 Å². The Bertz CT molecular complexity index is 168. The highest BCUT2D eigenvalue weighted by molar-refractivity contribution is 5.53. The Kier molecular flexibility index (Phi) is 8.64. The number of carbonyl (C=O) groups excluding carboxylic acids is 1. The van der Waals surface area contributed by atoms with Crippen LogP contribution in [0.2, 0.25) is 0 Å². The summed E-state index contributed by atoms with van der Waals surface area (Å²) in [4.78, 5) is 10.5. The van der Waals surface area contributed by atoms with E-state index in [4.69, 9.17) is 0 Å². The summed E-state index contributed by atoms with van der Waals surface area (Å²) < 4.78 is 0. The molecule has 1 atom stereocenters. The standard InChI is InChI=1S/C12H20O/c1-3-5-6-7-8-9-10-12(4-2)11-13/h3,5,8-9,11-12H,4,6-7,10H2,1-2H3. The largest absolute Gasteiger partial charge is 0.303 e. The van der Waals surface area contributed by atoms with Gasteiger partial charge >= 0.3 is 0 Å². The van der Waals surface area contributed by atoms with Crippen molar-refractivity contribution in [3.63, 3.8) is 0 Å². The van der Waals surface area contributed by atoms with Gasteiger partial charge in [-0.3, -0.25) is 0 Å². The van der Waals surface area contributed by atoms with Crippen LogP contribution in [0.3, 0.4) is 0 Å². The molecule has 0 fully saturated rings. The Hall–Kier alpha value is -0.850. The number of allylic oxidation sites excluding steroid dienone is 4. The summed E-state index contributed by atoms with van der Waals surface area (Å²) in [7, 11) is 0. The summed E-state index contributed by atoms with van der Waals surface area (Å²) in [6, 6.07) is 0. The van der Waals surface area contributed by atoms with E-state index in [-0.39, 0.29) is 5.92 Å². The van der Waals surface area contributed by atoms with Crippen LogP contribution in [0, 0.1) is 5.92 Å². The van der Waals surface area contributed by atoms with Gasteiger partial charge in [0.15, 0.2) is 0 Å². The molecule has 0 saturated carbocycles. The summed E-state index contributed by atoms with van der Waals surface area (Å²) in [5, 5.41) is 0. The molecule has 0 rings (SSSR count). The molecular weight excluding hydrogens is 160 g/mol. The van der Waals surface area contributed by atoms with E-state index in [1.54, 1.807) is 0 Å². The normalized spacial score (nSPS) is 14.0. The van der Waals surface area contributed by atoms with Gasteiger partial charge in [0.2, 0.25) is 0 Å². The highest BCUT2D eigenvalue weighted by atomic mass is 16.1. The topological polar surface area (TPSA) is 17.1 Å². The van der Waals surface area contributed by atoms with Crippen LogP contribution in [0.5, 0.6) is 0 Å². The number of hydrogen-bond acceptors (Lipinski definition) is 1. The van der Waals surface area contributed by atoms with Gasteiger partial charge in [0.1, 0.15) is 6.29 Å². The lowest BCUT2D eigenvalue weighted by Crippen LogP contribution is -1.96. The van der Waals surface area contributed by atoms with Crippen LogP contribution in [-0.2, 0) is 4.79 Å². The quantitative estimate of drug-likeness (QED) is 0.333. The van der Waals surface area contributed by atoms with Crippen molar-refractivity contribution in [1.29, 1.82) is 0 Å². The van der Waals surface area contributed by atoms with Crippen LogP contribution < -0.4 is 0 Å². The van der Waals surface area contributed by atoms with E-state index in [0.717, 1.165) is 32.0 Å². The van der Waals surface area contributed by atoms with Crippen molar-refractivity contribution in [1.82, 2.24) is 0 Å². The Labute approximate surface area is 81.5 Å². The molecule has 0 bridgehead atoms. The third kappa shape index (κ3) is 7.51. The highest BCUT2D eigenvalue weighted by Crippen LogP contribution is 2.05. The third-order valence-electron chi connectivity index (χ3n) is 2.06. The average Bonchev–Trinajstić information content (AvgIpc) is 2.17. The first-order valence-electron chi connectivity index (χ1n) is 5.06. The molecule has 0 heterocycles. The molecule has 13 heavy (non-hydrogen) atoms. The Morgan fingerprint density at radius 1 is 1.15 bits per heavy atom. The van der Waals surface area contributed by atoms with Gasteiger partial charge in [0.25, 0.3) is 0 Å². The minimum Gasteiger partial charge on any atom is -0.303 e. The molecule has 0 amide bonds. The van der Waals surface area contributed by atoms with E-state index in [1.165, 1.54) is 0 Å². The van der Waals surface area contributed by atoms with Crippen molar-refractivity contribution in [2.24, 2.45) is 5.92 Å². The van der Waals surface area contributed by atoms with E-state index in [1.807, 2.05) is 13.8 Å². The molecule has 0 aliphatic carbocycles. The molecule has 1 heteroatoms. The van der Waals surface area contributed by atoms with Gasteiger partial charge < -0.3 is 4.79 Å². The van der Waals surface area contributed by atoms with Crippen molar-refractivity contribution >= 4 is 6.29 Å².